The van der Waals surface area contributed by atoms with E-state index in [0.717, 1.165) is 16.7 Å². The average Bonchev–Trinajstić information content (AvgIpc) is 2.87. The number of halogens is 1. The molecule has 0 aromatic heterocycles. The third-order valence-corrected chi connectivity index (χ3v) is 5.02. The first kappa shape index (κ1) is 24.3. The van der Waals surface area contributed by atoms with E-state index < -0.39 is 17.8 Å². The van der Waals surface area contributed by atoms with Crippen LogP contribution in [0.2, 0.25) is 0 Å². The van der Waals surface area contributed by atoms with Gasteiger partial charge < -0.3 is 4.90 Å². The highest BCUT2D eigenvalue weighted by Crippen LogP contribution is 2.12. The van der Waals surface area contributed by atoms with Crippen LogP contribution in [-0.4, -0.2) is 34.5 Å². The summed E-state index contributed by atoms with van der Waals surface area (Å²) in [4.78, 5) is 38.0. The van der Waals surface area contributed by atoms with Gasteiger partial charge in [-0.2, -0.15) is 0 Å². The lowest BCUT2D eigenvalue weighted by Gasteiger charge is -2.23. The molecule has 0 saturated heterocycles. The minimum absolute atomic E-state index is 0.232. The lowest BCUT2D eigenvalue weighted by atomic mass is 10.1. The van der Waals surface area contributed by atoms with Gasteiger partial charge in [-0.25, -0.2) is 14.7 Å². The second-order valence-corrected chi connectivity index (χ2v) is 7.47. The predicted octanol–water partition coefficient (Wildman–Crippen LogP) is 3.94. The highest BCUT2D eigenvalue weighted by atomic mass is 19.1. The Morgan fingerprint density at radius 3 is 2.18 bits per heavy atom. The van der Waals surface area contributed by atoms with Crippen LogP contribution >= 0.6 is 0 Å². The van der Waals surface area contributed by atoms with Crippen molar-refractivity contribution >= 4 is 23.9 Å². The number of amides is 4. The van der Waals surface area contributed by atoms with Crippen LogP contribution in [0.25, 0.3) is 6.08 Å². The maximum absolute atomic E-state index is 13.2. The fourth-order valence-electron chi connectivity index (χ4n) is 3.17. The van der Waals surface area contributed by atoms with Crippen LogP contribution in [0.15, 0.2) is 84.9 Å². The summed E-state index contributed by atoms with van der Waals surface area (Å²) in [5.74, 6) is -1.48. The minimum atomic E-state index is -0.643. The molecule has 174 valence electrons. The molecule has 0 radical (unpaired) electrons. The fourth-order valence-corrected chi connectivity index (χ4v) is 3.17. The molecule has 0 aliphatic heterocycles. The number of hydrogen-bond acceptors (Lipinski definition) is 4. The summed E-state index contributed by atoms with van der Waals surface area (Å²) in [5.41, 5.74) is 4.29. The lowest BCUT2D eigenvalue weighted by Crippen LogP contribution is -2.43. The van der Waals surface area contributed by atoms with Gasteiger partial charge in [0.1, 0.15) is 5.82 Å². The smallest absolute Gasteiger partial charge is 0.320 e. The molecule has 0 unspecified atom stereocenters. The molecule has 0 heterocycles. The lowest BCUT2D eigenvalue weighted by molar-refractivity contribution is -0.124. The SMILES string of the molecule is O=C(C=Cc1ccc(CN(CCc2ccc(F)cc2)C(=O)NC(=O)c2ccccc2)cc1)NO. The van der Waals surface area contributed by atoms with Crippen molar-refractivity contribution in [1.29, 1.82) is 0 Å². The van der Waals surface area contributed by atoms with Crippen molar-refractivity contribution in [3.05, 3.63) is 113 Å². The standard InChI is InChI=1S/C26H24FN3O4/c27-23-13-10-20(11-14-23)16-17-30(26(33)28-25(32)22-4-2-1-3-5-22)18-21-8-6-19(7-9-21)12-15-24(31)29-34/h1-15,34H,16-18H2,(H,29,31)(H,28,32,33). The molecule has 0 aliphatic carbocycles. The summed E-state index contributed by atoms with van der Waals surface area (Å²) in [5, 5.41) is 11.0. The molecule has 0 atom stereocenters. The van der Waals surface area contributed by atoms with Gasteiger partial charge >= 0.3 is 6.03 Å². The van der Waals surface area contributed by atoms with Crippen molar-refractivity contribution in [3.8, 4) is 0 Å². The summed E-state index contributed by atoms with van der Waals surface area (Å²) in [6, 6.07) is 21.1. The molecular formula is C26H24FN3O4. The minimum Gasteiger partial charge on any atom is -0.320 e. The maximum Gasteiger partial charge on any atom is 0.324 e. The van der Waals surface area contributed by atoms with Crippen LogP contribution in [0.1, 0.15) is 27.0 Å². The van der Waals surface area contributed by atoms with Crippen molar-refractivity contribution in [3.63, 3.8) is 0 Å². The van der Waals surface area contributed by atoms with Crippen molar-refractivity contribution < 1.29 is 24.0 Å². The Kier molecular flexibility index (Phi) is 8.65. The van der Waals surface area contributed by atoms with E-state index >= 15 is 0 Å². The molecule has 0 bridgehead atoms. The third-order valence-electron chi connectivity index (χ3n) is 5.02. The van der Waals surface area contributed by atoms with E-state index in [9.17, 15) is 18.8 Å². The molecule has 34 heavy (non-hydrogen) atoms. The Morgan fingerprint density at radius 1 is 0.882 bits per heavy atom. The van der Waals surface area contributed by atoms with Crippen LogP contribution in [0.4, 0.5) is 9.18 Å². The van der Waals surface area contributed by atoms with E-state index in [0.29, 0.717) is 18.5 Å². The molecule has 8 heteroatoms. The summed E-state index contributed by atoms with van der Waals surface area (Å²) < 4.78 is 13.2. The van der Waals surface area contributed by atoms with E-state index in [2.05, 4.69) is 5.32 Å². The zero-order valence-corrected chi connectivity index (χ0v) is 18.3. The van der Waals surface area contributed by atoms with Crippen LogP contribution in [0.3, 0.4) is 0 Å². The second-order valence-electron chi connectivity index (χ2n) is 7.47. The first-order chi connectivity index (χ1) is 16.4. The number of benzene rings is 3. The number of urea groups is 1. The molecule has 0 fully saturated rings. The normalized spacial score (nSPS) is 10.6. The Balaban J connectivity index is 1.71. The number of imide groups is 1. The van der Waals surface area contributed by atoms with Gasteiger partial charge in [0.2, 0.25) is 0 Å². The molecule has 7 nitrogen and oxygen atoms in total. The van der Waals surface area contributed by atoms with Gasteiger partial charge in [-0.05, 0) is 53.5 Å². The van der Waals surface area contributed by atoms with Crippen molar-refractivity contribution in [2.24, 2.45) is 0 Å². The number of nitrogens with one attached hydrogen (secondary N) is 2. The zero-order chi connectivity index (χ0) is 24.3. The van der Waals surface area contributed by atoms with E-state index in [-0.39, 0.29) is 12.4 Å². The quantitative estimate of drug-likeness (QED) is 0.269. The maximum atomic E-state index is 13.2. The predicted molar refractivity (Wildman–Crippen MR) is 125 cm³/mol. The van der Waals surface area contributed by atoms with Crippen LogP contribution < -0.4 is 10.8 Å². The number of carbonyl (C=O) groups excluding carboxylic acids is 3. The van der Waals surface area contributed by atoms with Gasteiger partial charge in [0, 0.05) is 24.7 Å². The van der Waals surface area contributed by atoms with E-state index in [1.54, 1.807) is 66.7 Å². The molecule has 3 rings (SSSR count). The van der Waals surface area contributed by atoms with Crippen molar-refractivity contribution in [1.82, 2.24) is 15.7 Å². The third kappa shape index (κ3) is 7.39. The summed E-state index contributed by atoms with van der Waals surface area (Å²) in [6.07, 6.45) is 3.20. The number of carbonyl (C=O) groups is 3. The highest BCUT2D eigenvalue weighted by Gasteiger charge is 2.18. The number of hydrogen-bond donors (Lipinski definition) is 3. The largest absolute Gasteiger partial charge is 0.324 e. The number of nitrogens with zero attached hydrogens (tertiary/aromatic N) is 1. The molecule has 0 aliphatic rings. The van der Waals surface area contributed by atoms with Gasteiger partial charge in [0.15, 0.2) is 0 Å². The first-order valence-electron chi connectivity index (χ1n) is 10.6. The van der Waals surface area contributed by atoms with E-state index in [1.165, 1.54) is 34.7 Å². The number of hydroxylamine groups is 1. The summed E-state index contributed by atoms with van der Waals surface area (Å²) in [6.45, 7) is 0.536. The molecule has 0 saturated carbocycles. The van der Waals surface area contributed by atoms with Gasteiger partial charge in [0.05, 0.1) is 0 Å². The van der Waals surface area contributed by atoms with E-state index in [4.69, 9.17) is 5.21 Å². The molecule has 3 aromatic carbocycles. The Bertz CT molecular complexity index is 1150. The monoisotopic (exact) mass is 461 g/mol. The van der Waals surface area contributed by atoms with Crippen LogP contribution in [0, 0.1) is 5.82 Å². The topological polar surface area (TPSA) is 98.7 Å². The first-order valence-corrected chi connectivity index (χ1v) is 10.6. The highest BCUT2D eigenvalue weighted by molar-refractivity contribution is 6.04. The molecule has 3 aromatic rings. The van der Waals surface area contributed by atoms with Gasteiger partial charge in [-0.1, -0.05) is 54.6 Å². The summed E-state index contributed by atoms with van der Waals surface area (Å²) >= 11 is 0. The van der Waals surface area contributed by atoms with Gasteiger partial charge in [0.25, 0.3) is 11.8 Å². The van der Waals surface area contributed by atoms with E-state index in [1.807, 2.05) is 0 Å². The Hall–Kier alpha value is -4.30. The molecule has 0 spiro atoms. The van der Waals surface area contributed by atoms with Crippen molar-refractivity contribution in [2.45, 2.75) is 13.0 Å². The number of rotatable bonds is 8. The zero-order valence-electron chi connectivity index (χ0n) is 18.3. The second kappa shape index (κ2) is 12.1. The summed E-state index contributed by atoms with van der Waals surface area (Å²) in [7, 11) is 0. The molecule has 4 amide bonds. The molecule has 3 N–H and O–H groups in total. The Morgan fingerprint density at radius 2 is 1.53 bits per heavy atom. The van der Waals surface area contributed by atoms with Gasteiger partial charge in [-0.15, -0.1) is 0 Å². The fraction of sp³-hybridized carbons (Fsp3) is 0.115. The van der Waals surface area contributed by atoms with Crippen LogP contribution in [-0.2, 0) is 17.8 Å². The average molecular weight is 461 g/mol. The molecular weight excluding hydrogens is 437 g/mol. The van der Waals surface area contributed by atoms with Crippen LogP contribution in [0.5, 0.6) is 0 Å². The Labute approximate surface area is 196 Å². The van der Waals surface area contributed by atoms with Gasteiger partial charge in [-0.3, -0.25) is 20.1 Å². The van der Waals surface area contributed by atoms with Crippen molar-refractivity contribution in [2.75, 3.05) is 6.54 Å².